The highest BCUT2D eigenvalue weighted by Gasteiger charge is 2.19. The van der Waals surface area contributed by atoms with E-state index < -0.39 is 5.97 Å². The second kappa shape index (κ2) is 6.84. The van der Waals surface area contributed by atoms with Gasteiger partial charge >= 0.3 is 5.97 Å². The van der Waals surface area contributed by atoms with Crippen LogP contribution in [0.5, 0.6) is 0 Å². The molecule has 1 aromatic heterocycles. The molecule has 0 amide bonds. The summed E-state index contributed by atoms with van der Waals surface area (Å²) in [5, 5.41) is 17.0. The lowest BCUT2D eigenvalue weighted by Crippen LogP contribution is -2.05. The molecule has 0 radical (unpaired) electrons. The van der Waals surface area contributed by atoms with Crippen LogP contribution in [0.4, 0.5) is 0 Å². The topological polar surface area (TPSA) is 68.0 Å². The molecular weight excluding hydrogens is 254 g/mol. The standard InChI is InChI=1S/C15H19N3O2/c1-2-3-4-8-11-18-14(12-9-6-5-7-10-12)13(15(19)20)16-17-18/h5-7,9-10H,2-4,8,11H2,1H3,(H,19,20). The summed E-state index contributed by atoms with van der Waals surface area (Å²) in [6, 6.07) is 9.44. The van der Waals surface area contributed by atoms with Crippen LogP contribution in [0.1, 0.15) is 43.1 Å². The van der Waals surface area contributed by atoms with Gasteiger partial charge in [-0.25, -0.2) is 9.48 Å². The molecule has 106 valence electrons. The van der Waals surface area contributed by atoms with E-state index in [1.165, 1.54) is 12.8 Å². The lowest BCUT2D eigenvalue weighted by atomic mass is 10.1. The lowest BCUT2D eigenvalue weighted by molar-refractivity contribution is 0.0691. The highest BCUT2D eigenvalue weighted by atomic mass is 16.4. The zero-order chi connectivity index (χ0) is 14.4. The first-order valence-corrected chi connectivity index (χ1v) is 6.96. The Bertz CT molecular complexity index is 564. The molecule has 2 aromatic rings. The highest BCUT2D eigenvalue weighted by molar-refractivity contribution is 5.92. The number of nitrogens with zero attached hydrogens (tertiary/aromatic N) is 3. The van der Waals surface area contributed by atoms with E-state index in [0.29, 0.717) is 12.2 Å². The molecule has 1 heterocycles. The quantitative estimate of drug-likeness (QED) is 0.786. The number of aryl methyl sites for hydroxylation is 1. The van der Waals surface area contributed by atoms with Crippen molar-refractivity contribution in [1.82, 2.24) is 15.0 Å². The van der Waals surface area contributed by atoms with Crippen LogP contribution in [0.15, 0.2) is 30.3 Å². The highest BCUT2D eigenvalue weighted by Crippen LogP contribution is 2.22. The van der Waals surface area contributed by atoms with Crippen molar-refractivity contribution in [2.24, 2.45) is 0 Å². The number of rotatable bonds is 7. The average Bonchev–Trinajstić information content (AvgIpc) is 2.88. The number of carboxylic acids is 1. The fourth-order valence-corrected chi connectivity index (χ4v) is 2.18. The molecule has 5 heteroatoms. The summed E-state index contributed by atoms with van der Waals surface area (Å²) in [5.41, 5.74) is 1.45. The summed E-state index contributed by atoms with van der Waals surface area (Å²) in [7, 11) is 0. The molecular formula is C15H19N3O2. The molecule has 0 aliphatic rings. The van der Waals surface area contributed by atoms with Crippen molar-refractivity contribution in [1.29, 1.82) is 0 Å². The van der Waals surface area contributed by atoms with Crippen molar-refractivity contribution in [2.75, 3.05) is 0 Å². The van der Waals surface area contributed by atoms with Gasteiger partial charge in [0, 0.05) is 12.1 Å². The molecule has 20 heavy (non-hydrogen) atoms. The average molecular weight is 273 g/mol. The number of benzene rings is 1. The predicted molar refractivity (Wildman–Crippen MR) is 76.6 cm³/mol. The molecule has 0 unspecified atom stereocenters. The summed E-state index contributed by atoms with van der Waals surface area (Å²) in [5.74, 6) is -1.04. The Hall–Kier alpha value is -2.17. The van der Waals surface area contributed by atoms with Crippen LogP contribution in [-0.4, -0.2) is 26.1 Å². The SMILES string of the molecule is CCCCCCn1nnc(C(=O)O)c1-c1ccccc1. The van der Waals surface area contributed by atoms with Crippen molar-refractivity contribution >= 4 is 5.97 Å². The summed E-state index contributed by atoms with van der Waals surface area (Å²) >= 11 is 0. The summed E-state index contributed by atoms with van der Waals surface area (Å²) < 4.78 is 1.70. The summed E-state index contributed by atoms with van der Waals surface area (Å²) in [6.45, 7) is 2.86. The van der Waals surface area contributed by atoms with Gasteiger partial charge in [-0.3, -0.25) is 0 Å². The van der Waals surface area contributed by atoms with Crippen LogP contribution in [0, 0.1) is 0 Å². The van der Waals surface area contributed by atoms with Gasteiger partial charge in [0.15, 0.2) is 5.69 Å². The fraction of sp³-hybridized carbons (Fsp3) is 0.400. The molecule has 0 atom stereocenters. The van der Waals surface area contributed by atoms with Crippen LogP contribution in [0.3, 0.4) is 0 Å². The largest absolute Gasteiger partial charge is 0.476 e. The Morgan fingerprint density at radius 3 is 2.60 bits per heavy atom. The van der Waals surface area contributed by atoms with Crippen LogP contribution in [0.2, 0.25) is 0 Å². The van der Waals surface area contributed by atoms with E-state index in [-0.39, 0.29) is 5.69 Å². The lowest BCUT2D eigenvalue weighted by Gasteiger charge is -2.07. The van der Waals surface area contributed by atoms with E-state index in [1.54, 1.807) is 4.68 Å². The van der Waals surface area contributed by atoms with Crippen molar-refractivity contribution < 1.29 is 9.90 Å². The normalized spacial score (nSPS) is 10.7. The molecule has 0 fully saturated rings. The number of aromatic carboxylic acids is 1. The second-order valence-corrected chi connectivity index (χ2v) is 4.74. The number of carbonyl (C=O) groups is 1. The van der Waals surface area contributed by atoms with Gasteiger partial charge in [0.25, 0.3) is 0 Å². The Morgan fingerprint density at radius 2 is 1.95 bits per heavy atom. The third kappa shape index (κ3) is 3.23. The number of hydrogen-bond donors (Lipinski definition) is 1. The molecule has 0 aliphatic carbocycles. The van der Waals surface area contributed by atoms with E-state index >= 15 is 0 Å². The molecule has 1 N–H and O–H groups in total. The first-order chi connectivity index (χ1) is 9.74. The molecule has 0 aliphatic heterocycles. The van der Waals surface area contributed by atoms with E-state index in [1.807, 2.05) is 30.3 Å². The fourth-order valence-electron chi connectivity index (χ4n) is 2.18. The van der Waals surface area contributed by atoms with Gasteiger partial charge < -0.3 is 5.11 Å². The maximum atomic E-state index is 11.3. The van der Waals surface area contributed by atoms with Crippen LogP contribution >= 0.6 is 0 Å². The maximum absolute atomic E-state index is 11.3. The molecule has 2 rings (SSSR count). The van der Waals surface area contributed by atoms with Gasteiger partial charge in [-0.1, -0.05) is 61.7 Å². The molecule has 0 saturated carbocycles. The maximum Gasteiger partial charge on any atom is 0.358 e. The van der Waals surface area contributed by atoms with Crippen molar-refractivity contribution in [3.8, 4) is 11.3 Å². The summed E-state index contributed by atoms with van der Waals surface area (Å²) in [6.07, 6.45) is 4.45. The molecule has 5 nitrogen and oxygen atoms in total. The Kier molecular flexibility index (Phi) is 4.87. The van der Waals surface area contributed by atoms with Gasteiger partial charge in [-0.05, 0) is 6.42 Å². The first-order valence-electron chi connectivity index (χ1n) is 6.96. The third-order valence-corrected chi connectivity index (χ3v) is 3.21. The Morgan fingerprint density at radius 1 is 1.20 bits per heavy atom. The van der Waals surface area contributed by atoms with E-state index in [9.17, 15) is 9.90 Å². The Labute approximate surface area is 118 Å². The van der Waals surface area contributed by atoms with Crippen molar-refractivity contribution in [3.63, 3.8) is 0 Å². The molecule has 1 aromatic carbocycles. The van der Waals surface area contributed by atoms with E-state index in [2.05, 4.69) is 17.2 Å². The smallest absolute Gasteiger partial charge is 0.358 e. The van der Waals surface area contributed by atoms with Gasteiger partial charge in [-0.15, -0.1) is 5.10 Å². The molecule has 0 bridgehead atoms. The van der Waals surface area contributed by atoms with Crippen LogP contribution in [-0.2, 0) is 6.54 Å². The van der Waals surface area contributed by atoms with Gasteiger partial charge in [0.2, 0.25) is 0 Å². The van der Waals surface area contributed by atoms with E-state index in [0.717, 1.165) is 18.4 Å². The van der Waals surface area contributed by atoms with Crippen molar-refractivity contribution in [2.45, 2.75) is 39.2 Å². The minimum atomic E-state index is -1.04. The van der Waals surface area contributed by atoms with Gasteiger partial charge in [0.05, 0.1) is 0 Å². The first kappa shape index (κ1) is 14.2. The number of hydrogen-bond acceptors (Lipinski definition) is 3. The number of aromatic nitrogens is 3. The second-order valence-electron chi connectivity index (χ2n) is 4.74. The molecule has 0 spiro atoms. The zero-order valence-electron chi connectivity index (χ0n) is 11.6. The Balaban J connectivity index is 2.26. The van der Waals surface area contributed by atoms with Gasteiger partial charge in [-0.2, -0.15) is 0 Å². The number of carboxylic acid groups (broad SMARTS) is 1. The minimum Gasteiger partial charge on any atom is -0.476 e. The number of unbranched alkanes of at least 4 members (excludes halogenated alkanes) is 3. The van der Waals surface area contributed by atoms with E-state index in [4.69, 9.17) is 0 Å². The minimum absolute atomic E-state index is 0.0201. The van der Waals surface area contributed by atoms with Crippen LogP contribution in [0.25, 0.3) is 11.3 Å². The summed E-state index contributed by atoms with van der Waals surface area (Å²) in [4.78, 5) is 11.3. The van der Waals surface area contributed by atoms with Crippen LogP contribution < -0.4 is 0 Å². The molecule has 0 saturated heterocycles. The van der Waals surface area contributed by atoms with Crippen molar-refractivity contribution in [3.05, 3.63) is 36.0 Å². The monoisotopic (exact) mass is 273 g/mol. The van der Waals surface area contributed by atoms with Gasteiger partial charge in [0.1, 0.15) is 5.69 Å². The zero-order valence-corrected chi connectivity index (χ0v) is 11.6. The third-order valence-electron chi connectivity index (χ3n) is 3.21. The predicted octanol–water partition coefficient (Wildman–Crippen LogP) is 3.22.